The number of carbonyl (C=O) groups excluding carboxylic acids is 1. The Kier molecular flexibility index (Phi) is 6.01. The smallest absolute Gasteiger partial charge is 0.338 e. The molecule has 2 heterocycles. The summed E-state index contributed by atoms with van der Waals surface area (Å²) < 4.78 is 10.7. The largest absolute Gasteiger partial charge is 0.462 e. The number of piperidine rings is 1. The Hall–Kier alpha value is -2.67. The quantitative estimate of drug-likeness (QED) is 0.796. The summed E-state index contributed by atoms with van der Waals surface area (Å²) in [5.41, 5.74) is 1.56. The zero-order chi connectivity index (χ0) is 18.4. The Balaban J connectivity index is 1.75. The van der Waals surface area contributed by atoms with Crippen LogP contribution in [-0.2, 0) is 9.47 Å². The van der Waals surface area contributed by atoms with E-state index in [0.717, 1.165) is 25.2 Å². The number of hydrogen-bond donors (Lipinski definition) is 1. The number of ether oxygens (including phenoxy) is 2. The van der Waals surface area contributed by atoms with E-state index < -0.39 is 0 Å². The van der Waals surface area contributed by atoms with E-state index in [-0.39, 0.29) is 18.1 Å². The highest BCUT2D eigenvalue weighted by atomic mass is 16.5. The summed E-state index contributed by atoms with van der Waals surface area (Å²) in [6.45, 7) is 3.74. The molecule has 138 valence electrons. The second-order valence-electron chi connectivity index (χ2n) is 6.10. The third-order valence-corrected chi connectivity index (χ3v) is 4.45. The molecule has 3 rings (SSSR count). The van der Waals surface area contributed by atoms with Gasteiger partial charge in [-0.05, 0) is 37.6 Å². The number of hydrogen-bond acceptors (Lipinski definition) is 7. The Bertz CT molecular complexity index is 726. The molecule has 0 radical (unpaired) electrons. The lowest BCUT2D eigenvalue weighted by molar-refractivity contribution is 0.0526. The van der Waals surface area contributed by atoms with E-state index >= 15 is 0 Å². The van der Waals surface area contributed by atoms with Crippen LogP contribution >= 0.6 is 0 Å². The third kappa shape index (κ3) is 4.29. The molecule has 1 fully saturated rings. The number of nitrogens with one attached hydrogen (secondary N) is 1. The summed E-state index contributed by atoms with van der Waals surface area (Å²) in [7, 11) is 1.72. The summed E-state index contributed by atoms with van der Waals surface area (Å²) in [5, 5.41) is 3.36. The maximum Gasteiger partial charge on any atom is 0.338 e. The van der Waals surface area contributed by atoms with Crippen LogP contribution in [0.15, 0.2) is 42.7 Å². The SMILES string of the molecule is CCOC(=O)c1cccc(N2CC[C@@H](OC)[C@H](Nc3ncccn3)C2)c1. The molecule has 1 aromatic heterocycles. The molecular weight excluding hydrogens is 332 g/mol. The van der Waals surface area contributed by atoms with Crippen molar-refractivity contribution in [2.75, 3.05) is 37.0 Å². The molecule has 1 N–H and O–H groups in total. The van der Waals surface area contributed by atoms with Crippen molar-refractivity contribution >= 4 is 17.6 Å². The summed E-state index contributed by atoms with van der Waals surface area (Å²) >= 11 is 0. The van der Waals surface area contributed by atoms with Gasteiger partial charge < -0.3 is 19.7 Å². The van der Waals surface area contributed by atoms with Crippen molar-refractivity contribution in [2.24, 2.45) is 0 Å². The van der Waals surface area contributed by atoms with E-state index in [1.807, 2.05) is 18.2 Å². The second kappa shape index (κ2) is 8.62. The maximum atomic E-state index is 12.0. The summed E-state index contributed by atoms with van der Waals surface area (Å²) in [4.78, 5) is 22.7. The number of aromatic nitrogens is 2. The Labute approximate surface area is 153 Å². The second-order valence-corrected chi connectivity index (χ2v) is 6.10. The lowest BCUT2D eigenvalue weighted by Gasteiger charge is -2.39. The monoisotopic (exact) mass is 356 g/mol. The van der Waals surface area contributed by atoms with Crippen molar-refractivity contribution in [3.05, 3.63) is 48.3 Å². The number of esters is 1. The molecule has 7 nitrogen and oxygen atoms in total. The van der Waals surface area contributed by atoms with Gasteiger partial charge in [-0.3, -0.25) is 0 Å². The minimum atomic E-state index is -0.298. The van der Waals surface area contributed by atoms with Gasteiger partial charge in [-0.15, -0.1) is 0 Å². The van der Waals surface area contributed by atoms with Gasteiger partial charge in [0.05, 0.1) is 24.3 Å². The Morgan fingerprint density at radius 1 is 1.31 bits per heavy atom. The number of benzene rings is 1. The van der Waals surface area contributed by atoms with Gasteiger partial charge in [-0.2, -0.15) is 0 Å². The van der Waals surface area contributed by atoms with Crippen molar-refractivity contribution in [3.8, 4) is 0 Å². The van der Waals surface area contributed by atoms with Gasteiger partial charge in [-0.1, -0.05) is 6.07 Å². The van der Waals surface area contributed by atoms with Crippen molar-refractivity contribution in [1.29, 1.82) is 0 Å². The molecular formula is C19H24N4O3. The summed E-state index contributed by atoms with van der Waals surface area (Å²) in [6.07, 6.45) is 4.36. The molecule has 1 saturated heterocycles. The van der Waals surface area contributed by atoms with Gasteiger partial charge in [0, 0.05) is 38.3 Å². The van der Waals surface area contributed by atoms with Gasteiger partial charge >= 0.3 is 5.97 Å². The van der Waals surface area contributed by atoms with Gasteiger partial charge in [0.15, 0.2) is 0 Å². The van der Waals surface area contributed by atoms with Crippen molar-refractivity contribution in [3.63, 3.8) is 0 Å². The van der Waals surface area contributed by atoms with Gasteiger partial charge in [0.25, 0.3) is 0 Å². The zero-order valence-electron chi connectivity index (χ0n) is 15.1. The lowest BCUT2D eigenvalue weighted by atomic mass is 10.0. The standard InChI is InChI=1S/C19H24N4O3/c1-3-26-18(24)14-6-4-7-15(12-14)23-11-8-17(25-2)16(13-23)22-19-20-9-5-10-21-19/h4-7,9-10,12,16-17H,3,8,11,13H2,1-2H3,(H,20,21,22)/t16-,17-/m1/s1. The first kappa shape index (κ1) is 18.1. The third-order valence-electron chi connectivity index (χ3n) is 4.45. The number of rotatable bonds is 6. The highest BCUT2D eigenvalue weighted by molar-refractivity contribution is 5.90. The van der Waals surface area contributed by atoms with E-state index in [2.05, 4.69) is 20.2 Å². The van der Waals surface area contributed by atoms with Crippen molar-refractivity contribution < 1.29 is 14.3 Å². The first-order valence-corrected chi connectivity index (χ1v) is 8.79. The molecule has 0 bridgehead atoms. The molecule has 2 aromatic rings. The van der Waals surface area contributed by atoms with Gasteiger partial charge in [0.1, 0.15) is 0 Å². The summed E-state index contributed by atoms with van der Waals surface area (Å²) in [5.74, 6) is 0.287. The zero-order valence-corrected chi connectivity index (χ0v) is 15.1. The molecule has 26 heavy (non-hydrogen) atoms. The molecule has 2 atom stereocenters. The van der Waals surface area contributed by atoms with Crippen LogP contribution in [0.3, 0.4) is 0 Å². The average molecular weight is 356 g/mol. The fourth-order valence-electron chi connectivity index (χ4n) is 3.17. The van der Waals surface area contributed by atoms with Crippen LogP contribution in [0.1, 0.15) is 23.7 Å². The van der Waals surface area contributed by atoms with Crippen LogP contribution in [0.5, 0.6) is 0 Å². The van der Waals surface area contributed by atoms with Crippen LogP contribution in [0.4, 0.5) is 11.6 Å². The molecule has 0 unspecified atom stereocenters. The predicted octanol–water partition coefficient (Wildman–Crippen LogP) is 2.36. The van der Waals surface area contributed by atoms with Crippen molar-refractivity contribution in [2.45, 2.75) is 25.5 Å². The number of nitrogens with zero attached hydrogens (tertiary/aromatic N) is 3. The van der Waals surface area contributed by atoms with Crippen LogP contribution in [0, 0.1) is 0 Å². The van der Waals surface area contributed by atoms with Crippen LogP contribution in [0.25, 0.3) is 0 Å². The predicted molar refractivity (Wildman–Crippen MR) is 99.5 cm³/mol. The number of anilines is 2. The molecule has 0 aliphatic carbocycles. The fraction of sp³-hybridized carbons (Fsp3) is 0.421. The van der Waals surface area contributed by atoms with Crippen LogP contribution in [0.2, 0.25) is 0 Å². The Morgan fingerprint density at radius 2 is 2.12 bits per heavy atom. The normalized spacial score (nSPS) is 19.8. The lowest BCUT2D eigenvalue weighted by Crippen LogP contribution is -2.51. The first-order chi connectivity index (χ1) is 12.7. The molecule has 0 amide bonds. The summed E-state index contributed by atoms with van der Waals surface area (Å²) in [6, 6.07) is 9.37. The van der Waals surface area contributed by atoms with Gasteiger partial charge in [-0.25, -0.2) is 14.8 Å². The van der Waals surface area contributed by atoms with E-state index in [0.29, 0.717) is 18.1 Å². The van der Waals surface area contributed by atoms with Gasteiger partial charge in [0.2, 0.25) is 5.95 Å². The van der Waals surface area contributed by atoms with Crippen molar-refractivity contribution in [1.82, 2.24) is 9.97 Å². The number of methoxy groups -OCH3 is 1. The highest BCUT2D eigenvalue weighted by Crippen LogP contribution is 2.24. The average Bonchev–Trinajstić information content (AvgIpc) is 2.69. The minimum Gasteiger partial charge on any atom is -0.462 e. The minimum absolute atomic E-state index is 0.0439. The topological polar surface area (TPSA) is 76.6 Å². The molecule has 1 aliphatic heterocycles. The molecule has 1 aliphatic rings. The maximum absolute atomic E-state index is 12.0. The Morgan fingerprint density at radius 3 is 2.85 bits per heavy atom. The molecule has 0 spiro atoms. The van der Waals surface area contributed by atoms with Crippen LogP contribution in [-0.4, -0.2) is 54.9 Å². The highest BCUT2D eigenvalue weighted by Gasteiger charge is 2.30. The molecule has 1 aromatic carbocycles. The fourth-order valence-corrected chi connectivity index (χ4v) is 3.17. The van der Waals surface area contributed by atoms with E-state index in [9.17, 15) is 4.79 Å². The molecule has 0 saturated carbocycles. The first-order valence-electron chi connectivity index (χ1n) is 8.79. The van der Waals surface area contributed by atoms with E-state index in [4.69, 9.17) is 9.47 Å². The number of carbonyl (C=O) groups is 1. The molecule has 7 heteroatoms. The van der Waals surface area contributed by atoms with Crippen LogP contribution < -0.4 is 10.2 Å². The van der Waals surface area contributed by atoms with E-state index in [1.165, 1.54) is 0 Å². The van der Waals surface area contributed by atoms with E-state index in [1.54, 1.807) is 38.6 Å².